The first kappa shape index (κ1) is 24.5. The van der Waals surface area contributed by atoms with Gasteiger partial charge in [0.1, 0.15) is 17.3 Å². The van der Waals surface area contributed by atoms with Crippen molar-refractivity contribution in [1.82, 2.24) is 9.80 Å². The molecule has 0 aliphatic carbocycles. The third-order valence-corrected chi connectivity index (χ3v) is 5.72. The van der Waals surface area contributed by atoms with Gasteiger partial charge in [-0.05, 0) is 68.9 Å². The number of aliphatic hydroxyl groups is 1. The fourth-order valence-corrected chi connectivity index (χ4v) is 3.85. The summed E-state index contributed by atoms with van der Waals surface area (Å²) in [4.78, 5) is 29.3. The van der Waals surface area contributed by atoms with Gasteiger partial charge in [-0.25, -0.2) is 4.39 Å². The Labute approximate surface area is 194 Å². The van der Waals surface area contributed by atoms with Crippen molar-refractivity contribution in [1.29, 1.82) is 0 Å². The van der Waals surface area contributed by atoms with E-state index in [9.17, 15) is 19.1 Å². The van der Waals surface area contributed by atoms with Gasteiger partial charge < -0.3 is 19.6 Å². The van der Waals surface area contributed by atoms with E-state index in [1.807, 2.05) is 25.9 Å². The predicted octanol–water partition coefficient (Wildman–Crippen LogP) is 4.30. The average molecular weight is 455 g/mol. The first-order valence-corrected chi connectivity index (χ1v) is 11.2. The molecule has 1 aliphatic heterocycles. The lowest BCUT2D eigenvalue weighted by Crippen LogP contribution is -2.35. The predicted molar refractivity (Wildman–Crippen MR) is 126 cm³/mol. The second-order valence-corrected chi connectivity index (χ2v) is 8.53. The van der Waals surface area contributed by atoms with Gasteiger partial charge in [-0.2, -0.15) is 0 Å². The number of likely N-dealkylation sites (tertiary alicyclic amines) is 1. The highest BCUT2D eigenvalue weighted by molar-refractivity contribution is 6.46. The number of ketones is 1. The molecule has 0 unspecified atom stereocenters. The molecule has 0 aromatic heterocycles. The zero-order valence-electron chi connectivity index (χ0n) is 19.6. The van der Waals surface area contributed by atoms with Gasteiger partial charge >= 0.3 is 0 Å². The molecule has 0 bridgehead atoms. The first-order chi connectivity index (χ1) is 15.7. The van der Waals surface area contributed by atoms with Crippen LogP contribution >= 0.6 is 0 Å². The molecule has 2 aromatic carbocycles. The molecule has 176 valence electrons. The van der Waals surface area contributed by atoms with Crippen molar-refractivity contribution in [3.63, 3.8) is 0 Å². The molecule has 1 saturated heterocycles. The average Bonchev–Trinajstić information content (AvgIpc) is 3.03. The summed E-state index contributed by atoms with van der Waals surface area (Å²) < 4.78 is 19.3. The highest BCUT2D eigenvalue weighted by atomic mass is 19.1. The first-order valence-electron chi connectivity index (χ1n) is 11.2. The van der Waals surface area contributed by atoms with Crippen LogP contribution in [0.4, 0.5) is 4.39 Å². The SMILES string of the molecule is CCCCOc1ccc(/C(O)=C2\C(=O)C(=O)N(CCN(C)C)[C@@H]2c2ccc(F)cc2)cc1C. The summed E-state index contributed by atoms with van der Waals surface area (Å²) in [6, 6.07) is 10.0. The van der Waals surface area contributed by atoms with E-state index in [1.54, 1.807) is 18.2 Å². The molecule has 3 rings (SSSR count). The Morgan fingerprint density at radius 3 is 2.45 bits per heavy atom. The number of aliphatic hydroxyl groups excluding tert-OH is 1. The van der Waals surface area contributed by atoms with Crippen LogP contribution in [-0.4, -0.2) is 60.4 Å². The van der Waals surface area contributed by atoms with Crippen LogP contribution in [0.25, 0.3) is 5.76 Å². The number of unbranched alkanes of at least 4 members (excludes halogenated alkanes) is 1. The minimum absolute atomic E-state index is 0.00409. The molecule has 1 fully saturated rings. The summed E-state index contributed by atoms with van der Waals surface area (Å²) >= 11 is 0. The summed E-state index contributed by atoms with van der Waals surface area (Å²) in [5, 5.41) is 11.2. The molecule has 33 heavy (non-hydrogen) atoms. The van der Waals surface area contributed by atoms with E-state index in [0.717, 1.165) is 18.4 Å². The topological polar surface area (TPSA) is 70.1 Å². The number of aryl methyl sites for hydroxylation is 1. The van der Waals surface area contributed by atoms with Crippen molar-refractivity contribution in [3.05, 3.63) is 70.5 Å². The third-order valence-electron chi connectivity index (χ3n) is 5.72. The summed E-state index contributed by atoms with van der Waals surface area (Å²) in [6.07, 6.45) is 1.96. The molecule has 1 amide bonds. The Bertz CT molecular complexity index is 1050. The quantitative estimate of drug-likeness (QED) is 0.265. The number of carbonyl (C=O) groups is 2. The van der Waals surface area contributed by atoms with E-state index >= 15 is 0 Å². The van der Waals surface area contributed by atoms with Crippen LogP contribution in [0.15, 0.2) is 48.0 Å². The number of halogens is 1. The molecule has 1 aliphatic rings. The van der Waals surface area contributed by atoms with Gasteiger partial charge in [0.05, 0.1) is 18.2 Å². The maximum atomic E-state index is 13.6. The Morgan fingerprint density at radius 2 is 1.85 bits per heavy atom. The molecular formula is C26H31FN2O4. The van der Waals surface area contributed by atoms with E-state index < -0.39 is 23.5 Å². The molecule has 7 heteroatoms. The van der Waals surface area contributed by atoms with Crippen molar-refractivity contribution in [2.75, 3.05) is 33.8 Å². The van der Waals surface area contributed by atoms with Gasteiger partial charge in [0, 0.05) is 18.7 Å². The highest BCUT2D eigenvalue weighted by Crippen LogP contribution is 2.39. The van der Waals surface area contributed by atoms with Crippen molar-refractivity contribution in [2.45, 2.75) is 32.7 Å². The van der Waals surface area contributed by atoms with Crippen LogP contribution in [0, 0.1) is 12.7 Å². The van der Waals surface area contributed by atoms with E-state index in [2.05, 4.69) is 6.92 Å². The normalized spacial score (nSPS) is 17.8. The molecule has 0 saturated carbocycles. The number of amides is 1. The number of Topliss-reactive ketones (excluding diaryl/α,β-unsaturated/α-hetero) is 1. The zero-order valence-corrected chi connectivity index (χ0v) is 19.6. The summed E-state index contributed by atoms with van der Waals surface area (Å²) in [7, 11) is 3.74. The Hall–Kier alpha value is -3.19. The monoisotopic (exact) mass is 454 g/mol. The number of benzene rings is 2. The highest BCUT2D eigenvalue weighted by Gasteiger charge is 2.45. The van der Waals surface area contributed by atoms with Gasteiger partial charge in [0.25, 0.3) is 11.7 Å². The van der Waals surface area contributed by atoms with E-state index in [4.69, 9.17) is 4.74 Å². The van der Waals surface area contributed by atoms with Crippen molar-refractivity contribution < 1.29 is 23.8 Å². The molecule has 1 heterocycles. The van der Waals surface area contributed by atoms with E-state index in [1.165, 1.54) is 29.2 Å². The molecule has 1 atom stereocenters. The van der Waals surface area contributed by atoms with Crippen molar-refractivity contribution >= 4 is 17.4 Å². The molecular weight excluding hydrogens is 423 g/mol. The van der Waals surface area contributed by atoms with E-state index in [0.29, 0.717) is 36.6 Å². The van der Waals surface area contributed by atoms with Gasteiger partial charge in [0.15, 0.2) is 0 Å². The molecule has 0 radical (unpaired) electrons. The van der Waals surface area contributed by atoms with Gasteiger partial charge in [-0.3, -0.25) is 9.59 Å². The fraction of sp³-hybridized carbons (Fsp3) is 0.385. The Morgan fingerprint density at radius 1 is 1.15 bits per heavy atom. The van der Waals surface area contributed by atoms with Crippen LogP contribution in [0.1, 0.15) is 42.5 Å². The summed E-state index contributed by atoms with van der Waals surface area (Å²) in [5.74, 6) is -1.39. The van der Waals surface area contributed by atoms with Crippen LogP contribution in [-0.2, 0) is 9.59 Å². The number of rotatable bonds is 9. The number of nitrogens with zero attached hydrogens (tertiary/aromatic N) is 2. The van der Waals surface area contributed by atoms with E-state index in [-0.39, 0.29) is 11.3 Å². The number of carbonyl (C=O) groups excluding carboxylic acids is 2. The second kappa shape index (κ2) is 10.6. The smallest absolute Gasteiger partial charge is 0.295 e. The van der Waals surface area contributed by atoms with Crippen LogP contribution in [0.5, 0.6) is 5.75 Å². The number of ether oxygens (including phenoxy) is 1. The molecule has 0 spiro atoms. The molecule has 2 aromatic rings. The number of hydrogen-bond acceptors (Lipinski definition) is 5. The van der Waals surface area contributed by atoms with Gasteiger partial charge in [0.2, 0.25) is 0 Å². The maximum absolute atomic E-state index is 13.6. The van der Waals surface area contributed by atoms with Crippen LogP contribution < -0.4 is 4.74 Å². The fourth-order valence-electron chi connectivity index (χ4n) is 3.85. The van der Waals surface area contributed by atoms with Gasteiger partial charge in [-0.1, -0.05) is 25.5 Å². The van der Waals surface area contributed by atoms with Crippen molar-refractivity contribution in [3.8, 4) is 5.75 Å². The largest absolute Gasteiger partial charge is 0.507 e. The molecule has 1 N–H and O–H groups in total. The van der Waals surface area contributed by atoms with Crippen LogP contribution in [0.3, 0.4) is 0 Å². The third kappa shape index (κ3) is 5.42. The van der Waals surface area contributed by atoms with Crippen molar-refractivity contribution in [2.24, 2.45) is 0 Å². The Balaban J connectivity index is 2.04. The minimum atomic E-state index is -0.800. The summed E-state index contributed by atoms with van der Waals surface area (Å²) in [5.41, 5.74) is 1.81. The number of hydrogen-bond donors (Lipinski definition) is 1. The second-order valence-electron chi connectivity index (χ2n) is 8.53. The summed E-state index contributed by atoms with van der Waals surface area (Å²) in [6.45, 7) is 5.38. The lowest BCUT2D eigenvalue weighted by molar-refractivity contribution is -0.140. The Kier molecular flexibility index (Phi) is 7.87. The zero-order chi connectivity index (χ0) is 24.1. The van der Waals surface area contributed by atoms with Gasteiger partial charge in [-0.15, -0.1) is 0 Å². The number of likely N-dealkylation sites (N-methyl/N-ethyl adjacent to an activating group) is 1. The lowest BCUT2D eigenvalue weighted by atomic mass is 9.94. The standard InChI is InChI=1S/C26H31FN2O4/c1-5-6-15-33-21-12-9-19(16-17(21)2)24(30)22-23(18-7-10-20(27)11-8-18)29(14-13-28(3)4)26(32)25(22)31/h7-12,16,23,30H,5-6,13-15H2,1-4H3/b24-22+/t23-/m1/s1. The molecule has 6 nitrogen and oxygen atoms in total. The minimum Gasteiger partial charge on any atom is -0.507 e. The lowest BCUT2D eigenvalue weighted by Gasteiger charge is -2.26. The maximum Gasteiger partial charge on any atom is 0.295 e. The van der Waals surface area contributed by atoms with Crippen LogP contribution in [0.2, 0.25) is 0 Å².